The van der Waals surface area contributed by atoms with Gasteiger partial charge in [0.15, 0.2) is 0 Å². The number of nitrogens with zero attached hydrogens (tertiary/aromatic N) is 2. The minimum absolute atomic E-state index is 0.0789. The van der Waals surface area contributed by atoms with Crippen molar-refractivity contribution in [1.29, 1.82) is 0 Å². The van der Waals surface area contributed by atoms with Gasteiger partial charge in [0.2, 0.25) is 0 Å². The number of nitro benzene ring substituents is 2. The topological polar surface area (TPSA) is 127 Å². The zero-order chi connectivity index (χ0) is 19.4. The van der Waals surface area contributed by atoms with Crippen molar-refractivity contribution in [2.45, 2.75) is 0 Å². The Morgan fingerprint density at radius 3 is 1.31 bits per heavy atom. The molecule has 26 heavy (non-hydrogen) atoms. The second-order valence-corrected chi connectivity index (χ2v) is 4.66. The summed E-state index contributed by atoms with van der Waals surface area (Å²) in [6.45, 7) is 0. The van der Waals surface area contributed by atoms with Crippen LogP contribution < -0.4 is 0 Å². The van der Waals surface area contributed by atoms with E-state index in [2.05, 4.69) is 0 Å². The summed E-state index contributed by atoms with van der Waals surface area (Å²) in [6.07, 6.45) is 16.0. The van der Waals surface area contributed by atoms with Crippen molar-refractivity contribution in [1.82, 2.24) is 0 Å². The second kappa shape index (κ2) is 10.8. The van der Waals surface area contributed by atoms with Crippen LogP contribution in [0.1, 0.15) is 11.1 Å². The highest BCUT2D eigenvalue weighted by atomic mass is 16.6. The lowest BCUT2D eigenvalue weighted by atomic mass is 10.1. The van der Waals surface area contributed by atoms with Crippen molar-refractivity contribution in [3.8, 4) is 0 Å². The molecule has 8 heteroatoms. The van der Waals surface area contributed by atoms with Crippen LogP contribution in [-0.2, 0) is 0 Å². The number of aliphatic hydroxyl groups is 2. The van der Waals surface area contributed by atoms with E-state index in [0.29, 0.717) is 0 Å². The number of benzene rings is 1. The number of rotatable bonds is 8. The zero-order valence-electron chi connectivity index (χ0n) is 13.5. The fraction of sp³-hybridized carbons (Fsp3) is 0. The maximum Gasteiger partial charge on any atom is 0.277 e. The summed E-state index contributed by atoms with van der Waals surface area (Å²) in [7, 11) is 0. The van der Waals surface area contributed by atoms with Gasteiger partial charge in [0.25, 0.3) is 11.4 Å². The van der Waals surface area contributed by atoms with Crippen LogP contribution in [-0.4, -0.2) is 20.1 Å². The molecule has 0 radical (unpaired) electrons. The molecule has 0 atom stereocenters. The Hall–Kier alpha value is -3.94. The fourth-order valence-electron chi connectivity index (χ4n) is 1.87. The van der Waals surface area contributed by atoms with Gasteiger partial charge in [-0.2, -0.15) is 0 Å². The normalized spacial score (nSPS) is 12.6. The van der Waals surface area contributed by atoms with Gasteiger partial charge in [-0.1, -0.05) is 36.5 Å². The molecule has 1 rings (SSSR count). The van der Waals surface area contributed by atoms with Crippen molar-refractivity contribution in [3.05, 3.63) is 105 Å². The van der Waals surface area contributed by atoms with Crippen LogP contribution in [0, 0.1) is 20.2 Å². The molecule has 0 heterocycles. The summed E-state index contributed by atoms with van der Waals surface area (Å²) in [5.41, 5.74) is -0.404. The van der Waals surface area contributed by atoms with Crippen LogP contribution in [0.2, 0.25) is 0 Å². The highest BCUT2D eigenvalue weighted by molar-refractivity contribution is 5.73. The summed E-state index contributed by atoms with van der Waals surface area (Å²) in [5.74, 6) is 0. The minimum atomic E-state index is -0.623. The van der Waals surface area contributed by atoms with E-state index in [1.54, 1.807) is 0 Å². The molecule has 0 saturated carbocycles. The van der Waals surface area contributed by atoms with Crippen molar-refractivity contribution >= 4 is 23.5 Å². The Morgan fingerprint density at radius 2 is 1.00 bits per heavy atom. The molecule has 134 valence electrons. The largest absolute Gasteiger partial charge is 0.516 e. The first kappa shape index (κ1) is 20.1. The molecular formula is C18H16N2O6. The van der Waals surface area contributed by atoms with Gasteiger partial charge >= 0.3 is 0 Å². The van der Waals surface area contributed by atoms with E-state index < -0.39 is 9.85 Å². The third-order valence-electron chi connectivity index (χ3n) is 2.96. The minimum Gasteiger partial charge on any atom is -0.516 e. The van der Waals surface area contributed by atoms with Gasteiger partial charge < -0.3 is 10.2 Å². The van der Waals surface area contributed by atoms with Gasteiger partial charge in [-0.05, 0) is 24.3 Å². The predicted octanol–water partition coefficient (Wildman–Crippen LogP) is 4.79. The zero-order valence-corrected chi connectivity index (χ0v) is 13.5. The first-order valence-corrected chi connectivity index (χ1v) is 7.26. The molecule has 0 bridgehead atoms. The van der Waals surface area contributed by atoms with Crippen LogP contribution in [0.15, 0.2) is 73.3 Å². The number of aliphatic hydroxyl groups excluding tert-OH is 2. The Morgan fingerprint density at radius 1 is 0.654 bits per heavy atom. The molecule has 0 amide bonds. The molecule has 0 spiro atoms. The molecule has 0 aromatic heterocycles. The summed E-state index contributed by atoms with van der Waals surface area (Å²) in [4.78, 5) is 21.3. The molecular weight excluding hydrogens is 340 g/mol. The smallest absolute Gasteiger partial charge is 0.277 e. The number of hydrogen-bond acceptors (Lipinski definition) is 6. The lowest BCUT2D eigenvalue weighted by Gasteiger charge is -2.02. The molecule has 8 nitrogen and oxygen atoms in total. The van der Waals surface area contributed by atoms with Crippen molar-refractivity contribution in [2.75, 3.05) is 0 Å². The molecule has 0 unspecified atom stereocenters. The van der Waals surface area contributed by atoms with Crippen LogP contribution in [0.25, 0.3) is 12.2 Å². The third kappa shape index (κ3) is 6.28. The first-order valence-electron chi connectivity index (χ1n) is 7.26. The Balaban J connectivity index is 3.34. The number of nitro groups is 2. The Labute approximate surface area is 149 Å². The SMILES string of the molecule is O=[N+]([O-])c1cc(/C=C/C=C/C=C/O)c([N+](=O)[O-])cc1/C=C/C=C/C=C/O. The molecule has 0 aliphatic heterocycles. The maximum absolute atomic E-state index is 11.3. The molecule has 0 fully saturated rings. The lowest BCUT2D eigenvalue weighted by Crippen LogP contribution is -1.97. The van der Waals surface area contributed by atoms with Crippen LogP contribution in [0.5, 0.6) is 0 Å². The lowest BCUT2D eigenvalue weighted by molar-refractivity contribution is -0.389. The van der Waals surface area contributed by atoms with Crippen molar-refractivity contribution < 1.29 is 20.1 Å². The quantitative estimate of drug-likeness (QED) is 0.298. The van der Waals surface area contributed by atoms with E-state index >= 15 is 0 Å². The highest BCUT2D eigenvalue weighted by Crippen LogP contribution is 2.30. The van der Waals surface area contributed by atoms with E-state index in [4.69, 9.17) is 10.2 Å². The molecule has 0 aliphatic rings. The standard InChI is InChI=1S/C18H16N2O6/c21-11-7-3-1-5-9-15-13-18(20(25)26)16(14-17(15)19(23)24)10-6-2-4-8-12-22/h1-14,21-22H/b3-1+,4-2+,9-5+,10-6+,11-7+,12-8+. The predicted molar refractivity (Wildman–Crippen MR) is 99.6 cm³/mol. The monoisotopic (exact) mass is 356 g/mol. The average molecular weight is 356 g/mol. The van der Waals surface area contributed by atoms with E-state index in [1.807, 2.05) is 0 Å². The van der Waals surface area contributed by atoms with E-state index in [-0.39, 0.29) is 22.5 Å². The number of hydrogen-bond donors (Lipinski definition) is 2. The van der Waals surface area contributed by atoms with Crippen LogP contribution in [0.3, 0.4) is 0 Å². The molecule has 1 aromatic carbocycles. The fourth-order valence-corrected chi connectivity index (χ4v) is 1.87. The first-order chi connectivity index (χ1) is 12.5. The molecule has 0 saturated heterocycles. The van der Waals surface area contributed by atoms with Gasteiger partial charge in [-0.3, -0.25) is 20.2 Å². The molecule has 0 aliphatic carbocycles. The van der Waals surface area contributed by atoms with E-state index in [1.165, 1.54) is 60.8 Å². The van der Waals surface area contributed by atoms with Gasteiger partial charge in [-0.15, -0.1) is 0 Å². The molecule has 2 N–H and O–H groups in total. The molecule has 1 aromatic rings. The summed E-state index contributed by atoms with van der Waals surface area (Å²) in [6, 6.07) is 2.25. The summed E-state index contributed by atoms with van der Waals surface area (Å²) < 4.78 is 0. The third-order valence-corrected chi connectivity index (χ3v) is 2.96. The maximum atomic E-state index is 11.3. The Bertz CT molecular complexity index is 763. The van der Waals surface area contributed by atoms with Gasteiger partial charge in [-0.25, -0.2) is 0 Å². The Kier molecular flexibility index (Phi) is 8.32. The van der Waals surface area contributed by atoms with Crippen molar-refractivity contribution in [2.24, 2.45) is 0 Å². The van der Waals surface area contributed by atoms with E-state index in [9.17, 15) is 20.2 Å². The van der Waals surface area contributed by atoms with Gasteiger partial charge in [0.1, 0.15) is 0 Å². The summed E-state index contributed by atoms with van der Waals surface area (Å²) in [5, 5.41) is 39.5. The van der Waals surface area contributed by atoms with E-state index in [0.717, 1.165) is 24.7 Å². The van der Waals surface area contributed by atoms with Crippen LogP contribution in [0.4, 0.5) is 11.4 Å². The number of allylic oxidation sites excluding steroid dienone is 8. The highest BCUT2D eigenvalue weighted by Gasteiger charge is 2.21. The van der Waals surface area contributed by atoms with Crippen LogP contribution >= 0.6 is 0 Å². The van der Waals surface area contributed by atoms with Crippen molar-refractivity contribution in [3.63, 3.8) is 0 Å². The van der Waals surface area contributed by atoms with Gasteiger partial charge in [0.05, 0.1) is 33.5 Å². The average Bonchev–Trinajstić information content (AvgIpc) is 2.61. The summed E-state index contributed by atoms with van der Waals surface area (Å²) >= 11 is 0. The van der Waals surface area contributed by atoms with Gasteiger partial charge in [0, 0.05) is 12.1 Å². The second-order valence-electron chi connectivity index (χ2n) is 4.66.